The summed E-state index contributed by atoms with van der Waals surface area (Å²) in [6.45, 7) is 5.13. The van der Waals surface area contributed by atoms with Crippen molar-refractivity contribution < 1.29 is 13.2 Å². The molecule has 6 nitrogen and oxygen atoms in total. The largest absolute Gasteiger partial charge is 0.358 e. The molecule has 1 aromatic rings. The maximum absolute atomic E-state index is 12.4. The average molecular weight is 339 g/mol. The molecular weight excluding hydrogens is 314 g/mol. The summed E-state index contributed by atoms with van der Waals surface area (Å²) in [5, 5.41) is 2.17. The van der Waals surface area contributed by atoms with Crippen molar-refractivity contribution in [2.45, 2.75) is 31.7 Å². The zero-order valence-electron chi connectivity index (χ0n) is 13.9. The first-order chi connectivity index (χ1) is 10.9. The van der Waals surface area contributed by atoms with Crippen molar-refractivity contribution in [3.63, 3.8) is 0 Å². The lowest BCUT2D eigenvalue weighted by Crippen LogP contribution is -2.60. The number of nitrogens with one attached hydrogen (secondary N) is 1. The highest BCUT2D eigenvalue weighted by Crippen LogP contribution is 2.19. The van der Waals surface area contributed by atoms with Crippen LogP contribution < -0.4 is 5.32 Å². The standard InChI is InChI=1S/C16H25N3O3S/c1-13(2)23(21,22)19-10-9-18(15(12-19)16(20)17-3)11-14-7-5-4-6-8-14/h4-8,13,15H,9-12H2,1-3H3,(H,17,20)/t15-/m1/s1. The number of hydrogen-bond acceptors (Lipinski definition) is 4. The molecule has 1 aromatic carbocycles. The van der Waals surface area contributed by atoms with Crippen molar-refractivity contribution in [2.24, 2.45) is 0 Å². The second-order valence-corrected chi connectivity index (χ2v) is 8.53. The van der Waals surface area contributed by atoms with Gasteiger partial charge in [0.25, 0.3) is 0 Å². The Kier molecular flexibility index (Phi) is 5.78. The number of carbonyl (C=O) groups excluding carboxylic acids is 1. The summed E-state index contributed by atoms with van der Waals surface area (Å²) >= 11 is 0. The van der Waals surface area contributed by atoms with Crippen LogP contribution in [0.1, 0.15) is 19.4 Å². The molecule has 2 rings (SSSR count). The molecule has 0 saturated carbocycles. The summed E-state index contributed by atoms with van der Waals surface area (Å²) in [6, 6.07) is 9.43. The molecule has 0 spiro atoms. The van der Waals surface area contributed by atoms with Gasteiger partial charge in [0, 0.05) is 33.2 Å². The fraction of sp³-hybridized carbons (Fsp3) is 0.562. The van der Waals surface area contributed by atoms with E-state index in [1.54, 1.807) is 20.9 Å². The fourth-order valence-corrected chi connectivity index (χ4v) is 4.03. The first-order valence-electron chi connectivity index (χ1n) is 7.84. The van der Waals surface area contributed by atoms with Gasteiger partial charge in [0.05, 0.1) is 5.25 Å². The number of rotatable bonds is 5. The van der Waals surface area contributed by atoms with Gasteiger partial charge >= 0.3 is 0 Å². The van der Waals surface area contributed by atoms with Crippen molar-refractivity contribution in [3.05, 3.63) is 35.9 Å². The van der Waals surface area contributed by atoms with E-state index in [0.29, 0.717) is 19.6 Å². The Morgan fingerprint density at radius 3 is 2.48 bits per heavy atom. The van der Waals surface area contributed by atoms with Gasteiger partial charge < -0.3 is 5.32 Å². The molecular formula is C16H25N3O3S. The van der Waals surface area contributed by atoms with Gasteiger partial charge in [-0.05, 0) is 19.4 Å². The number of benzene rings is 1. The number of likely N-dealkylation sites (N-methyl/N-ethyl adjacent to an activating group) is 1. The number of hydrogen-bond donors (Lipinski definition) is 1. The Morgan fingerprint density at radius 1 is 1.26 bits per heavy atom. The maximum atomic E-state index is 12.4. The first-order valence-corrected chi connectivity index (χ1v) is 9.35. The zero-order chi connectivity index (χ0) is 17.0. The molecule has 1 aliphatic rings. The van der Waals surface area contributed by atoms with Gasteiger partial charge in [-0.3, -0.25) is 9.69 Å². The second-order valence-electron chi connectivity index (χ2n) is 6.04. The van der Waals surface area contributed by atoms with Crippen LogP contribution in [0.2, 0.25) is 0 Å². The van der Waals surface area contributed by atoms with E-state index in [1.807, 2.05) is 35.2 Å². The van der Waals surface area contributed by atoms with Crippen LogP contribution in [0.25, 0.3) is 0 Å². The van der Waals surface area contributed by atoms with E-state index in [2.05, 4.69) is 5.32 Å². The lowest BCUT2D eigenvalue weighted by Gasteiger charge is -2.40. The van der Waals surface area contributed by atoms with Gasteiger partial charge in [-0.25, -0.2) is 8.42 Å². The molecule has 1 heterocycles. The van der Waals surface area contributed by atoms with Crippen molar-refractivity contribution in [1.29, 1.82) is 0 Å². The number of nitrogens with zero attached hydrogens (tertiary/aromatic N) is 2. The summed E-state index contributed by atoms with van der Waals surface area (Å²) in [7, 11) is -1.76. The third kappa shape index (κ3) is 4.10. The predicted molar refractivity (Wildman–Crippen MR) is 90.3 cm³/mol. The number of sulfonamides is 1. The van der Waals surface area contributed by atoms with Crippen LogP contribution in [0.15, 0.2) is 30.3 Å². The molecule has 1 aliphatic heterocycles. The molecule has 7 heteroatoms. The Morgan fingerprint density at radius 2 is 1.91 bits per heavy atom. The summed E-state index contributed by atoms with van der Waals surface area (Å²) in [5.74, 6) is -0.149. The molecule has 0 bridgehead atoms. The number of amides is 1. The maximum Gasteiger partial charge on any atom is 0.238 e. The summed E-state index contributed by atoms with van der Waals surface area (Å²) in [6.07, 6.45) is 0. The molecule has 1 atom stereocenters. The van der Waals surface area contributed by atoms with Crippen LogP contribution in [0.4, 0.5) is 0 Å². The van der Waals surface area contributed by atoms with Gasteiger partial charge in [0.15, 0.2) is 0 Å². The molecule has 0 unspecified atom stereocenters. The van der Waals surface area contributed by atoms with Crippen LogP contribution in [0.3, 0.4) is 0 Å². The van der Waals surface area contributed by atoms with Crippen molar-refractivity contribution in [2.75, 3.05) is 26.7 Å². The van der Waals surface area contributed by atoms with Crippen LogP contribution in [0, 0.1) is 0 Å². The highest BCUT2D eigenvalue weighted by molar-refractivity contribution is 7.89. The van der Waals surface area contributed by atoms with Gasteiger partial charge in [-0.1, -0.05) is 30.3 Å². The van der Waals surface area contributed by atoms with E-state index < -0.39 is 21.3 Å². The lowest BCUT2D eigenvalue weighted by molar-refractivity contribution is -0.127. The topological polar surface area (TPSA) is 69.7 Å². The Balaban J connectivity index is 2.17. The number of piperazine rings is 1. The fourth-order valence-electron chi connectivity index (χ4n) is 2.75. The molecule has 1 fully saturated rings. The third-order valence-electron chi connectivity index (χ3n) is 4.19. The minimum Gasteiger partial charge on any atom is -0.358 e. The second kappa shape index (κ2) is 7.42. The third-order valence-corrected chi connectivity index (χ3v) is 6.43. The lowest BCUT2D eigenvalue weighted by atomic mass is 10.1. The minimum atomic E-state index is -3.34. The molecule has 0 aromatic heterocycles. The van der Waals surface area contributed by atoms with Crippen LogP contribution in [-0.4, -0.2) is 61.5 Å². The van der Waals surface area contributed by atoms with E-state index in [0.717, 1.165) is 5.56 Å². The Bertz CT molecular complexity index is 631. The Hall–Kier alpha value is -1.44. The van der Waals surface area contributed by atoms with Gasteiger partial charge in [-0.2, -0.15) is 4.31 Å². The highest BCUT2D eigenvalue weighted by Gasteiger charge is 2.37. The summed E-state index contributed by atoms with van der Waals surface area (Å²) in [4.78, 5) is 14.3. The molecule has 0 radical (unpaired) electrons. The SMILES string of the molecule is CNC(=O)[C@H]1CN(S(=O)(=O)C(C)C)CCN1Cc1ccccc1. The molecule has 23 heavy (non-hydrogen) atoms. The van der Waals surface area contributed by atoms with Gasteiger partial charge in [0.2, 0.25) is 15.9 Å². The minimum absolute atomic E-state index is 0.149. The Labute approximate surface area is 138 Å². The molecule has 0 aliphatic carbocycles. The van der Waals surface area contributed by atoms with Gasteiger partial charge in [-0.15, -0.1) is 0 Å². The van der Waals surface area contributed by atoms with Crippen molar-refractivity contribution in [3.8, 4) is 0 Å². The van der Waals surface area contributed by atoms with E-state index >= 15 is 0 Å². The molecule has 1 saturated heterocycles. The summed E-state index contributed by atoms with van der Waals surface area (Å²) in [5.41, 5.74) is 1.11. The van der Waals surface area contributed by atoms with Crippen LogP contribution in [-0.2, 0) is 21.4 Å². The van der Waals surface area contributed by atoms with Crippen LogP contribution >= 0.6 is 0 Å². The van der Waals surface area contributed by atoms with Crippen molar-refractivity contribution >= 4 is 15.9 Å². The molecule has 1 N–H and O–H groups in total. The van der Waals surface area contributed by atoms with E-state index in [4.69, 9.17) is 0 Å². The normalized spacial score (nSPS) is 20.6. The number of carbonyl (C=O) groups is 1. The monoisotopic (exact) mass is 339 g/mol. The quantitative estimate of drug-likeness (QED) is 0.855. The van der Waals surface area contributed by atoms with Crippen LogP contribution in [0.5, 0.6) is 0 Å². The van der Waals surface area contributed by atoms with E-state index in [-0.39, 0.29) is 12.5 Å². The molecule has 128 valence electrons. The van der Waals surface area contributed by atoms with E-state index in [1.165, 1.54) is 4.31 Å². The molecule has 1 amide bonds. The van der Waals surface area contributed by atoms with E-state index in [9.17, 15) is 13.2 Å². The predicted octanol–water partition coefficient (Wildman–Crippen LogP) is 0.657. The van der Waals surface area contributed by atoms with Crippen molar-refractivity contribution in [1.82, 2.24) is 14.5 Å². The zero-order valence-corrected chi connectivity index (χ0v) is 14.7. The smallest absolute Gasteiger partial charge is 0.238 e. The van der Waals surface area contributed by atoms with Gasteiger partial charge in [0.1, 0.15) is 6.04 Å². The summed E-state index contributed by atoms with van der Waals surface area (Å²) < 4.78 is 26.2. The first kappa shape index (κ1) is 17.9. The average Bonchev–Trinajstić information content (AvgIpc) is 2.55. The highest BCUT2D eigenvalue weighted by atomic mass is 32.2.